The molecule has 9 saturated carbocycles. The predicted octanol–water partition coefficient (Wildman–Crippen LogP) is 9.22. The van der Waals surface area contributed by atoms with E-state index >= 15 is 0 Å². The first-order valence-corrected chi connectivity index (χ1v) is 23.2. The third-order valence-electron chi connectivity index (χ3n) is 21.3. The molecule has 2 aliphatic heterocycles. The Morgan fingerprint density at radius 2 is 1.16 bits per heavy atom. The third-order valence-corrected chi connectivity index (χ3v) is 21.7. The average molecular weight is 769 g/mol. The van der Waals surface area contributed by atoms with Crippen molar-refractivity contribution in [1.29, 1.82) is 0 Å². The van der Waals surface area contributed by atoms with Crippen LogP contribution in [0, 0.1) is 98.6 Å². The van der Waals surface area contributed by atoms with Crippen molar-refractivity contribution in [3.05, 3.63) is 23.3 Å². The van der Waals surface area contributed by atoms with E-state index in [4.69, 9.17) is 21.1 Å². The van der Waals surface area contributed by atoms with Gasteiger partial charge in [-0.05, 0) is 165 Å². The molecule has 0 aromatic rings. The zero-order valence-electron chi connectivity index (χ0n) is 33.5. The minimum absolute atomic E-state index is 0.0233. The Morgan fingerprint density at radius 3 is 1.73 bits per heavy atom. The van der Waals surface area contributed by atoms with Crippen LogP contribution in [0.25, 0.3) is 0 Å². The molecule has 296 valence electrons. The topological polar surface area (TPSA) is 86.7 Å². The van der Waals surface area contributed by atoms with Crippen LogP contribution in [0.15, 0.2) is 23.3 Å². The van der Waals surface area contributed by atoms with Gasteiger partial charge in [-0.2, -0.15) is 0 Å². The molecule has 6 nitrogen and oxygen atoms in total. The molecule has 11 fully saturated rings. The minimum Gasteiger partial charge on any atom is -0.458 e. The van der Waals surface area contributed by atoms with E-state index < -0.39 is 0 Å². The van der Waals surface area contributed by atoms with Gasteiger partial charge in [0.25, 0.3) is 0 Å². The lowest BCUT2D eigenvalue weighted by Gasteiger charge is -2.62. The molecule has 2 saturated heterocycles. The van der Waals surface area contributed by atoms with Gasteiger partial charge in [0.05, 0.1) is 0 Å². The van der Waals surface area contributed by atoms with E-state index in [0.29, 0.717) is 84.1 Å². The summed E-state index contributed by atoms with van der Waals surface area (Å²) in [6.45, 7) is 9.86. The molecule has 2 spiro atoms. The Labute approximate surface area is 332 Å². The van der Waals surface area contributed by atoms with Crippen molar-refractivity contribution >= 4 is 35.1 Å². The Morgan fingerprint density at radius 1 is 0.618 bits per heavy atom. The van der Waals surface area contributed by atoms with Gasteiger partial charge >= 0.3 is 11.9 Å². The van der Waals surface area contributed by atoms with Crippen LogP contribution in [-0.2, 0) is 28.7 Å². The van der Waals surface area contributed by atoms with Gasteiger partial charge in [-0.25, -0.2) is 0 Å². The van der Waals surface area contributed by atoms with E-state index in [1.165, 1.54) is 49.7 Å². The molecule has 11 aliphatic carbocycles. The summed E-state index contributed by atoms with van der Waals surface area (Å²) in [5, 5.41) is 0. The molecule has 55 heavy (non-hydrogen) atoms. The zero-order chi connectivity index (χ0) is 37.8. The Hall–Kier alpha value is -1.95. The first-order valence-electron chi connectivity index (χ1n) is 22.7. The first-order chi connectivity index (χ1) is 26.2. The van der Waals surface area contributed by atoms with Crippen molar-refractivity contribution in [3.63, 3.8) is 0 Å². The van der Waals surface area contributed by atoms with Gasteiger partial charge in [0.15, 0.2) is 11.6 Å². The number of allylic oxidation sites excluding steroid dienone is 2. The number of esters is 2. The lowest BCUT2D eigenvalue weighted by molar-refractivity contribution is -0.179. The summed E-state index contributed by atoms with van der Waals surface area (Å²) >= 11 is 6.59. The maximum Gasteiger partial charge on any atom is 0.306 e. The van der Waals surface area contributed by atoms with Crippen molar-refractivity contribution in [3.8, 4) is 0 Å². The van der Waals surface area contributed by atoms with Crippen LogP contribution < -0.4 is 0 Å². The zero-order valence-corrected chi connectivity index (χ0v) is 34.3. The van der Waals surface area contributed by atoms with Gasteiger partial charge < -0.3 is 9.47 Å². The summed E-state index contributed by atoms with van der Waals surface area (Å²) in [5.41, 5.74) is 3.31. The van der Waals surface area contributed by atoms with Crippen molar-refractivity contribution in [2.75, 3.05) is 5.88 Å². The second-order valence-corrected chi connectivity index (χ2v) is 23.0. The molecular formula is C48H61ClO6. The number of hydrogen-bond donors (Lipinski definition) is 0. The number of carbonyl (C=O) groups excluding carboxylic acids is 4. The quantitative estimate of drug-likeness (QED) is 0.195. The van der Waals surface area contributed by atoms with Gasteiger partial charge in [-0.15, -0.1) is 11.6 Å². The van der Waals surface area contributed by atoms with Crippen molar-refractivity contribution < 1.29 is 28.7 Å². The van der Waals surface area contributed by atoms with E-state index in [-0.39, 0.29) is 44.8 Å². The molecule has 0 amide bonds. The molecule has 19 atom stereocenters. The summed E-state index contributed by atoms with van der Waals surface area (Å²) in [6.07, 6.45) is 20.4. The van der Waals surface area contributed by atoms with Crippen LogP contribution in [0.2, 0.25) is 0 Å². The Kier molecular flexibility index (Phi) is 6.88. The first kappa shape index (κ1) is 35.0. The van der Waals surface area contributed by atoms with Gasteiger partial charge in [-0.3, -0.25) is 19.2 Å². The maximum absolute atomic E-state index is 12.2. The van der Waals surface area contributed by atoms with Crippen molar-refractivity contribution in [1.82, 2.24) is 0 Å². The third kappa shape index (κ3) is 4.11. The highest BCUT2D eigenvalue weighted by atomic mass is 35.5. The summed E-state index contributed by atoms with van der Waals surface area (Å²) < 4.78 is 12.4. The number of carbonyl (C=O) groups is 4. The summed E-state index contributed by atoms with van der Waals surface area (Å²) in [4.78, 5) is 48.6. The highest BCUT2D eigenvalue weighted by Crippen LogP contribution is 2.83. The van der Waals surface area contributed by atoms with Crippen LogP contribution >= 0.6 is 11.6 Å². The van der Waals surface area contributed by atoms with Crippen LogP contribution in [0.3, 0.4) is 0 Å². The molecule has 0 aromatic heterocycles. The molecule has 0 N–H and O–H groups in total. The molecule has 0 aromatic carbocycles. The summed E-state index contributed by atoms with van der Waals surface area (Å²) in [6, 6.07) is 0. The van der Waals surface area contributed by atoms with Crippen LogP contribution in [-0.4, -0.2) is 40.6 Å². The van der Waals surface area contributed by atoms with Gasteiger partial charge in [0.2, 0.25) is 0 Å². The van der Waals surface area contributed by atoms with E-state index in [9.17, 15) is 19.2 Å². The number of hydrogen-bond acceptors (Lipinski definition) is 6. The normalized spacial score (nSPS) is 59.2. The smallest absolute Gasteiger partial charge is 0.306 e. The molecule has 13 rings (SSSR count). The molecule has 7 heteroatoms. The van der Waals surface area contributed by atoms with Crippen LogP contribution in [0.4, 0.5) is 0 Å². The van der Waals surface area contributed by atoms with Crippen molar-refractivity contribution in [2.24, 2.45) is 98.6 Å². The Bertz CT molecular complexity index is 1900. The molecule has 6 unspecified atom stereocenters. The van der Waals surface area contributed by atoms with Crippen LogP contribution in [0.5, 0.6) is 0 Å². The Balaban J connectivity index is 0.000000122. The van der Waals surface area contributed by atoms with Gasteiger partial charge in [0, 0.05) is 54.2 Å². The average Bonchev–Trinajstić information content (AvgIpc) is 4.11. The highest BCUT2D eigenvalue weighted by Gasteiger charge is 2.82. The van der Waals surface area contributed by atoms with E-state index in [1.807, 2.05) is 6.08 Å². The summed E-state index contributed by atoms with van der Waals surface area (Å²) in [7, 11) is 0. The van der Waals surface area contributed by atoms with E-state index in [1.54, 1.807) is 0 Å². The lowest BCUT2D eigenvalue weighted by atomic mass is 9.43. The fraction of sp³-hybridized carbons (Fsp3) is 0.833. The predicted molar refractivity (Wildman–Crippen MR) is 206 cm³/mol. The molecule has 0 radical (unpaired) electrons. The fourth-order valence-corrected chi connectivity index (χ4v) is 19.3. The number of alkyl halides is 1. The molecule has 0 bridgehead atoms. The van der Waals surface area contributed by atoms with E-state index in [0.717, 1.165) is 74.5 Å². The highest BCUT2D eigenvalue weighted by molar-refractivity contribution is 6.18. The lowest BCUT2D eigenvalue weighted by Crippen LogP contribution is -2.59. The largest absolute Gasteiger partial charge is 0.458 e. The summed E-state index contributed by atoms with van der Waals surface area (Å²) in [5.74, 6) is 10.3. The monoisotopic (exact) mass is 768 g/mol. The molecular weight excluding hydrogens is 708 g/mol. The molecule has 13 aliphatic rings. The van der Waals surface area contributed by atoms with Crippen molar-refractivity contribution in [2.45, 2.75) is 142 Å². The number of ether oxygens (including phenoxy) is 2. The number of rotatable bonds is 1. The van der Waals surface area contributed by atoms with Crippen LogP contribution in [0.1, 0.15) is 130 Å². The van der Waals surface area contributed by atoms with E-state index in [2.05, 4.69) is 33.8 Å². The maximum atomic E-state index is 12.2. The molecule has 2 heterocycles. The number of fused-ring (bicyclic) bond motifs is 21. The standard InChI is InChI=1S/C24H31ClO3.C24H30O3/c1-22-6-3-15(26)10-14(22)9-13(12-25)20-17(22)4-7-23(2)21(20)16-11-18(16)24(23)8-5-19(27)28-24;1-22-6-3-12(25)9-17(22)13-10-14(13)20-16(22)4-7-23(2)21(20)15-11-18(15)24(23)8-5-19(26)27-24/h10,13,16-18,20-21H,3-9,11-12H2,1-2H3;9,13-16,18,20-21H,3-8,10-11H2,1-2H3/t13-,16-,17?,18+,20?,21?,22+,23+,24+;13-,14+,15-,16?,18+,20?,21?,22-,23+,24-/m11/s1. The minimum atomic E-state index is -0.194. The number of halogens is 1. The van der Waals surface area contributed by atoms with Gasteiger partial charge in [-0.1, -0.05) is 38.8 Å². The fourth-order valence-electron chi connectivity index (χ4n) is 18.9. The second kappa shape index (κ2) is 10.8. The van der Waals surface area contributed by atoms with Gasteiger partial charge in [0.1, 0.15) is 11.2 Å². The SMILES string of the molecule is C[C@]12CCC(=O)C=C1C[C@H](CCl)C1C2CC[C@@]2(C)C1[C@@H]1C[C@@H]1[C@@]21CCC(=O)O1.C[C@]12CCC(=O)C=C1[C@@H]1C[C@@H]1C1C2CC[C@@]2(C)C1[C@@H]1C[C@@H]1[C@]21CCC(=O)O1. The number of ketones is 2. The second-order valence-electron chi connectivity index (χ2n) is 22.7.